The molecule has 356 valence electrons. The lowest BCUT2D eigenvalue weighted by Gasteiger charge is -2.23. The van der Waals surface area contributed by atoms with Gasteiger partial charge in [-0.05, 0) is 83.1 Å². The van der Waals surface area contributed by atoms with E-state index in [1.54, 1.807) is 6.08 Å². The summed E-state index contributed by atoms with van der Waals surface area (Å²) in [7, 11) is 0. The number of aliphatic hydroxyl groups excluding tert-OH is 2. The number of aliphatic hydroxyl groups is 2. The molecule has 3 atom stereocenters. The quantitative estimate of drug-likeness (QED) is 0.0322. The SMILES string of the molecule is CC/C=C\C/C=C\C/C=C\C/C=C\C/C=C\C/C=C\C(CC(=O)NC(CO)C(O)CCCCCCCCCCCCCCC)OC(=O)CCCCC/C=C\CCCCCCCC. The van der Waals surface area contributed by atoms with Crippen LogP contribution in [0.15, 0.2) is 85.1 Å². The normalized spacial score (nSPS) is 14.0. The van der Waals surface area contributed by atoms with E-state index in [1.165, 1.54) is 103 Å². The van der Waals surface area contributed by atoms with Crippen molar-refractivity contribution in [3.8, 4) is 0 Å². The summed E-state index contributed by atoms with van der Waals surface area (Å²) in [5.41, 5.74) is 0. The molecule has 62 heavy (non-hydrogen) atoms. The summed E-state index contributed by atoms with van der Waals surface area (Å²) in [5.74, 6) is -0.652. The lowest BCUT2D eigenvalue weighted by molar-refractivity contribution is -0.148. The van der Waals surface area contributed by atoms with Crippen molar-refractivity contribution in [2.75, 3.05) is 6.61 Å². The first kappa shape index (κ1) is 59.0. The molecule has 0 aromatic carbocycles. The van der Waals surface area contributed by atoms with Gasteiger partial charge in [-0.1, -0.05) is 222 Å². The molecule has 6 heteroatoms. The predicted octanol–water partition coefficient (Wildman–Crippen LogP) is 15.6. The fraction of sp³-hybridized carbons (Fsp3) is 0.714. The van der Waals surface area contributed by atoms with Gasteiger partial charge in [0.1, 0.15) is 6.10 Å². The number of hydrogen-bond donors (Lipinski definition) is 3. The Labute approximate surface area is 383 Å². The number of unbranched alkanes of at least 4 members (excludes halogenated alkanes) is 21. The Morgan fingerprint density at radius 3 is 1.35 bits per heavy atom. The van der Waals surface area contributed by atoms with Gasteiger partial charge in [-0.25, -0.2) is 0 Å². The highest BCUT2D eigenvalue weighted by atomic mass is 16.5. The van der Waals surface area contributed by atoms with Crippen LogP contribution in [-0.4, -0.2) is 46.9 Å². The molecule has 1 amide bonds. The van der Waals surface area contributed by atoms with Crippen molar-refractivity contribution in [3.63, 3.8) is 0 Å². The van der Waals surface area contributed by atoms with E-state index in [2.05, 4.69) is 99.0 Å². The molecule has 0 aliphatic carbocycles. The molecular weight excluding hydrogens is 767 g/mol. The minimum Gasteiger partial charge on any atom is -0.458 e. The molecule has 0 spiro atoms. The van der Waals surface area contributed by atoms with E-state index in [-0.39, 0.29) is 24.9 Å². The van der Waals surface area contributed by atoms with Gasteiger partial charge in [-0.3, -0.25) is 9.59 Å². The van der Waals surface area contributed by atoms with Crippen molar-refractivity contribution >= 4 is 11.9 Å². The highest BCUT2D eigenvalue weighted by molar-refractivity contribution is 5.78. The van der Waals surface area contributed by atoms with E-state index >= 15 is 0 Å². The van der Waals surface area contributed by atoms with Gasteiger partial charge >= 0.3 is 5.97 Å². The molecule has 0 aromatic rings. The van der Waals surface area contributed by atoms with E-state index in [0.717, 1.165) is 83.5 Å². The maximum absolute atomic E-state index is 13.2. The zero-order valence-corrected chi connectivity index (χ0v) is 40.5. The van der Waals surface area contributed by atoms with Crippen LogP contribution in [0.5, 0.6) is 0 Å². The standard InChI is InChI=1S/C56H97NO5/c1-4-7-10-13-16-19-22-25-26-27-28-31-32-35-38-41-44-47-52(62-56(61)49-46-43-40-37-34-30-24-21-18-15-12-9-6-3)50-55(60)57-53(51-58)54(59)48-45-42-39-36-33-29-23-20-17-14-11-8-5-2/h7,10,16,19,25-26,28,30-31,34-35,38,44,47,52-54,58-59H,4-6,8-9,11-15,17-18,20-24,27,29,32-33,36-37,39-43,45-46,48-51H2,1-3H3,(H,57,60)/b10-7-,19-16-,26-25-,31-28-,34-30-,38-35-,47-44-. The molecule has 0 saturated carbocycles. The van der Waals surface area contributed by atoms with Crippen LogP contribution in [0.3, 0.4) is 0 Å². The third-order valence-corrected chi connectivity index (χ3v) is 11.2. The second-order valence-electron chi connectivity index (χ2n) is 17.2. The van der Waals surface area contributed by atoms with Crippen LogP contribution in [0.2, 0.25) is 0 Å². The summed E-state index contributed by atoms with van der Waals surface area (Å²) >= 11 is 0. The molecule has 6 nitrogen and oxygen atoms in total. The number of esters is 1. The third-order valence-electron chi connectivity index (χ3n) is 11.2. The van der Waals surface area contributed by atoms with Crippen molar-refractivity contribution in [3.05, 3.63) is 85.1 Å². The van der Waals surface area contributed by atoms with Crippen LogP contribution in [0.1, 0.15) is 233 Å². The highest BCUT2D eigenvalue weighted by Gasteiger charge is 2.23. The van der Waals surface area contributed by atoms with Gasteiger partial charge in [-0.15, -0.1) is 0 Å². The van der Waals surface area contributed by atoms with Gasteiger partial charge in [0.15, 0.2) is 0 Å². The Morgan fingerprint density at radius 1 is 0.500 bits per heavy atom. The van der Waals surface area contributed by atoms with Crippen LogP contribution in [0.4, 0.5) is 0 Å². The second kappa shape index (κ2) is 49.1. The van der Waals surface area contributed by atoms with E-state index in [0.29, 0.717) is 19.3 Å². The highest BCUT2D eigenvalue weighted by Crippen LogP contribution is 2.15. The lowest BCUT2D eigenvalue weighted by Crippen LogP contribution is -2.46. The van der Waals surface area contributed by atoms with Gasteiger partial charge < -0.3 is 20.3 Å². The first-order valence-corrected chi connectivity index (χ1v) is 25.8. The molecule has 3 N–H and O–H groups in total. The molecule has 0 fully saturated rings. The maximum Gasteiger partial charge on any atom is 0.306 e. The van der Waals surface area contributed by atoms with Crippen molar-refractivity contribution in [1.82, 2.24) is 5.32 Å². The molecule has 0 saturated heterocycles. The Morgan fingerprint density at radius 2 is 0.903 bits per heavy atom. The number of carbonyl (C=O) groups is 2. The molecule has 3 unspecified atom stereocenters. The average molecular weight is 864 g/mol. The Hall–Kier alpha value is -2.96. The molecule has 0 bridgehead atoms. The van der Waals surface area contributed by atoms with E-state index in [4.69, 9.17) is 4.74 Å². The zero-order chi connectivity index (χ0) is 45.2. The van der Waals surface area contributed by atoms with E-state index in [9.17, 15) is 19.8 Å². The fourth-order valence-electron chi connectivity index (χ4n) is 7.30. The molecule has 0 heterocycles. The number of amides is 1. The Bertz CT molecular complexity index is 1200. The van der Waals surface area contributed by atoms with Gasteiger partial charge in [0.25, 0.3) is 0 Å². The average Bonchev–Trinajstić information content (AvgIpc) is 3.26. The monoisotopic (exact) mass is 864 g/mol. The summed E-state index contributed by atoms with van der Waals surface area (Å²) < 4.78 is 5.81. The zero-order valence-electron chi connectivity index (χ0n) is 40.5. The van der Waals surface area contributed by atoms with Crippen LogP contribution < -0.4 is 5.32 Å². The van der Waals surface area contributed by atoms with Gasteiger partial charge in [0.05, 0.1) is 25.2 Å². The van der Waals surface area contributed by atoms with Gasteiger partial charge in [0, 0.05) is 6.42 Å². The minimum atomic E-state index is -0.825. The third kappa shape index (κ3) is 43.7. The number of ether oxygens (including phenoxy) is 1. The smallest absolute Gasteiger partial charge is 0.306 e. The van der Waals surface area contributed by atoms with E-state index in [1.807, 2.05) is 6.08 Å². The fourth-order valence-corrected chi connectivity index (χ4v) is 7.30. The first-order chi connectivity index (χ1) is 30.5. The molecular formula is C56H97NO5. The second-order valence-corrected chi connectivity index (χ2v) is 17.2. The molecule has 0 radical (unpaired) electrons. The summed E-state index contributed by atoms with van der Waals surface area (Å²) in [5, 5.41) is 23.7. The Balaban J connectivity index is 4.80. The van der Waals surface area contributed by atoms with Gasteiger partial charge in [-0.2, -0.15) is 0 Å². The maximum atomic E-state index is 13.2. The van der Waals surface area contributed by atoms with Crippen LogP contribution in [-0.2, 0) is 14.3 Å². The van der Waals surface area contributed by atoms with E-state index < -0.39 is 18.2 Å². The van der Waals surface area contributed by atoms with Crippen LogP contribution >= 0.6 is 0 Å². The largest absolute Gasteiger partial charge is 0.458 e. The molecule has 0 aliphatic heterocycles. The van der Waals surface area contributed by atoms with Crippen molar-refractivity contribution < 1.29 is 24.5 Å². The summed E-state index contributed by atoms with van der Waals surface area (Å²) in [6.07, 6.45) is 63.8. The topological polar surface area (TPSA) is 95.9 Å². The van der Waals surface area contributed by atoms with Crippen LogP contribution in [0.25, 0.3) is 0 Å². The predicted molar refractivity (Wildman–Crippen MR) is 268 cm³/mol. The van der Waals surface area contributed by atoms with Crippen LogP contribution in [0, 0.1) is 0 Å². The number of nitrogens with one attached hydrogen (secondary N) is 1. The molecule has 0 aliphatic rings. The molecule has 0 rings (SSSR count). The van der Waals surface area contributed by atoms with Crippen molar-refractivity contribution in [2.45, 2.75) is 251 Å². The number of hydrogen-bond acceptors (Lipinski definition) is 5. The van der Waals surface area contributed by atoms with Gasteiger partial charge in [0.2, 0.25) is 5.91 Å². The molecule has 0 aromatic heterocycles. The summed E-state index contributed by atoms with van der Waals surface area (Å²) in [6, 6.07) is -0.749. The number of allylic oxidation sites excluding steroid dienone is 13. The summed E-state index contributed by atoms with van der Waals surface area (Å²) in [4.78, 5) is 26.1. The first-order valence-electron chi connectivity index (χ1n) is 25.8. The van der Waals surface area contributed by atoms with Crippen molar-refractivity contribution in [1.29, 1.82) is 0 Å². The minimum absolute atomic E-state index is 0.0563. The Kier molecular flexibility index (Phi) is 46.7. The summed E-state index contributed by atoms with van der Waals surface area (Å²) in [6.45, 7) is 6.32. The lowest BCUT2D eigenvalue weighted by atomic mass is 10.0. The number of rotatable bonds is 45. The number of carbonyl (C=O) groups excluding carboxylic acids is 2. The van der Waals surface area contributed by atoms with Crippen molar-refractivity contribution in [2.24, 2.45) is 0 Å².